The van der Waals surface area contributed by atoms with E-state index in [2.05, 4.69) is 21.8 Å². The van der Waals surface area contributed by atoms with Crippen molar-refractivity contribution < 1.29 is 22.7 Å². The largest absolute Gasteiger partial charge is 0.491 e. The summed E-state index contributed by atoms with van der Waals surface area (Å²) >= 11 is 0. The molecule has 31 heavy (non-hydrogen) atoms. The number of rotatable bonds is 2. The number of nitrogens with zero attached hydrogens (tertiary/aromatic N) is 3. The molecule has 0 unspecified atom stereocenters. The molecule has 156 valence electrons. The molecule has 8 heteroatoms. The van der Waals surface area contributed by atoms with Gasteiger partial charge in [0.15, 0.2) is 0 Å². The molecule has 5 nitrogen and oxygen atoms in total. The van der Waals surface area contributed by atoms with E-state index < -0.39 is 11.7 Å². The first-order valence-corrected chi connectivity index (χ1v) is 9.42. The lowest BCUT2D eigenvalue weighted by Gasteiger charge is -2.18. The summed E-state index contributed by atoms with van der Waals surface area (Å²) in [6, 6.07) is 11.6. The van der Waals surface area contributed by atoms with E-state index in [1.54, 1.807) is 35.5 Å². The Bertz CT molecular complexity index is 1170. The van der Waals surface area contributed by atoms with Crippen molar-refractivity contribution in [3.8, 4) is 17.6 Å². The molecular weight excluding hydrogens is 407 g/mol. The van der Waals surface area contributed by atoms with Crippen molar-refractivity contribution in [2.24, 2.45) is 0 Å². The summed E-state index contributed by atoms with van der Waals surface area (Å²) < 4.78 is 45.2. The zero-order valence-corrected chi connectivity index (χ0v) is 16.2. The Morgan fingerprint density at radius 2 is 1.81 bits per heavy atom. The Morgan fingerprint density at radius 1 is 1.03 bits per heavy atom. The third-order valence-electron chi connectivity index (χ3n) is 4.64. The summed E-state index contributed by atoms with van der Waals surface area (Å²) in [7, 11) is 0. The molecule has 1 aliphatic rings. The molecule has 0 bridgehead atoms. The molecule has 1 aliphatic heterocycles. The standard InChI is InChI=1S/C23H16F3N3O2/c24-23(25,26)19-5-2-1-4-17(19)8-6-16-7-9-20-18(14-16)22(30)29(12-13-31-20)15-21-27-10-3-11-28-21/h1-5,7,9-11,14H,12-13,15H2. The first-order valence-electron chi connectivity index (χ1n) is 9.42. The van der Waals surface area contributed by atoms with Crippen molar-refractivity contribution in [3.63, 3.8) is 0 Å². The Morgan fingerprint density at radius 3 is 2.58 bits per heavy atom. The van der Waals surface area contributed by atoms with Crippen LogP contribution >= 0.6 is 0 Å². The fraction of sp³-hybridized carbons (Fsp3) is 0.174. The van der Waals surface area contributed by atoms with Gasteiger partial charge in [0.2, 0.25) is 0 Å². The Balaban J connectivity index is 1.63. The van der Waals surface area contributed by atoms with Crippen molar-refractivity contribution in [1.82, 2.24) is 14.9 Å². The van der Waals surface area contributed by atoms with E-state index in [1.807, 2.05) is 0 Å². The number of carbonyl (C=O) groups excluding carboxylic acids is 1. The van der Waals surface area contributed by atoms with Gasteiger partial charge in [-0.15, -0.1) is 0 Å². The van der Waals surface area contributed by atoms with Gasteiger partial charge in [-0.25, -0.2) is 9.97 Å². The maximum Gasteiger partial charge on any atom is 0.417 e. The van der Waals surface area contributed by atoms with Crippen LogP contribution in [0, 0.1) is 11.8 Å². The quantitative estimate of drug-likeness (QED) is 0.586. The molecular formula is C23H16F3N3O2. The molecule has 0 atom stereocenters. The zero-order chi connectivity index (χ0) is 21.8. The number of carbonyl (C=O) groups is 1. The highest BCUT2D eigenvalue weighted by molar-refractivity contribution is 5.97. The summed E-state index contributed by atoms with van der Waals surface area (Å²) in [4.78, 5) is 22.9. The number of hydrogen-bond donors (Lipinski definition) is 0. The molecule has 3 aromatic rings. The summed E-state index contributed by atoms with van der Waals surface area (Å²) in [5.74, 6) is 5.92. The number of amides is 1. The highest BCUT2D eigenvalue weighted by Gasteiger charge is 2.32. The maximum absolute atomic E-state index is 13.2. The van der Waals surface area contributed by atoms with Gasteiger partial charge >= 0.3 is 6.18 Å². The van der Waals surface area contributed by atoms with Gasteiger partial charge in [0.1, 0.15) is 18.2 Å². The van der Waals surface area contributed by atoms with E-state index in [0.717, 1.165) is 6.07 Å². The lowest BCUT2D eigenvalue weighted by atomic mass is 10.1. The Kier molecular flexibility index (Phi) is 5.58. The topological polar surface area (TPSA) is 55.3 Å². The fourth-order valence-electron chi connectivity index (χ4n) is 3.15. The lowest BCUT2D eigenvalue weighted by molar-refractivity contribution is -0.137. The Labute approximate surface area is 176 Å². The minimum absolute atomic E-state index is 0.129. The van der Waals surface area contributed by atoms with Gasteiger partial charge in [-0.3, -0.25) is 4.79 Å². The third-order valence-corrected chi connectivity index (χ3v) is 4.64. The van der Waals surface area contributed by atoms with Crippen LogP contribution in [0.2, 0.25) is 0 Å². The second-order valence-corrected chi connectivity index (χ2v) is 6.74. The predicted molar refractivity (Wildman–Crippen MR) is 106 cm³/mol. The number of ether oxygens (including phenoxy) is 1. The normalized spacial score (nSPS) is 13.5. The van der Waals surface area contributed by atoms with Crippen molar-refractivity contribution in [1.29, 1.82) is 0 Å². The van der Waals surface area contributed by atoms with Crippen LogP contribution in [0.1, 0.15) is 32.9 Å². The molecule has 0 saturated heterocycles. The monoisotopic (exact) mass is 423 g/mol. The predicted octanol–water partition coefficient (Wildman–Crippen LogP) is 3.93. The first-order chi connectivity index (χ1) is 14.9. The van der Waals surface area contributed by atoms with Gasteiger partial charge in [0.25, 0.3) is 5.91 Å². The summed E-state index contributed by atoms with van der Waals surface area (Å²) in [5, 5.41) is 0. The highest BCUT2D eigenvalue weighted by atomic mass is 19.4. The van der Waals surface area contributed by atoms with E-state index in [4.69, 9.17) is 4.74 Å². The number of hydrogen-bond acceptors (Lipinski definition) is 4. The van der Waals surface area contributed by atoms with E-state index in [0.29, 0.717) is 35.9 Å². The van der Waals surface area contributed by atoms with Crippen LogP contribution in [0.3, 0.4) is 0 Å². The molecule has 1 aromatic heterocycles. The van der Waals surface area contributed by atoms with Crippen LogP contribution in [0.15, 0.2) is 60.9 Å². The minimum atomic E-state index is -4.50. The van der Waals surface area contributed by atoms with E-state index >= 15 is 0 Å². The molecule has 4 rings (SSSR count). The number of aromatic nitrogens is 2. The van der Waals surface area contributed by atoms with Gasteiger partial charge in [-0.2, -0.15) is 13.2 Å². The SMILES string of the molecule is O=C1c2cc(C#Cc3ccccc3C(F)(F)F)ccc2OCCN1Cc1ncccn1. The van der Waals surface area contributed by atoms with Crippen LogP contribution in [0.4, 0.5) is 13.2 Å². The molecule has 0 fully saturated rings. The molecule has 1 amide bonds. The molecule has 0 aliphatic carbocycles. The van der Waals surface area contributed by atoms with Crippen molar-refractivity contribution >= 4 is 5.91 Å². The van der Waals surface area contributed by atoms with Crippen LogP contribution in [-0.2, 0) is 12.7 Å². The molecule has 2 heterocycles. The van der Waals surface area contributed by atoms with Gasteiger partial charge < -0.3 is 9.64 Å². The van der Waals surface area contributed by atoms with E-state index in [9.17, 15) is 18.0 Å². The summed E-state index contributed by atoms with van der Waals surface area (Å²) in [5.41, 5.74) is -0.226. The van der Waals surface area contributed by atoms with Crippen molar-refractivity contribution in [2.75, 3.05) is 13.2 Å². The molecule has 2 aromatic carbocycles. The summed E-state index contributed by atoms with van der Waals surface area (Å²) in [6.45, 7) is 0.874. The second kappa shape index (κ2) is 8.48. The summed E-state index contributed by atoms with van der Waals surface area (Å²) in [6.07, 6.45) is -1.30. The van der Waals surface area contributed by atoms with E-state index in [-0.39, 0.29) is 18.0 Å². The number of alkyl halides is 3. The van der Waals surface area contributed by atoms with Gasteiger partial charge in [0.05, 0.1) is 24.2 Å². The molecule has 0 N–H and O–H groups in total. The van der Waals surface area contributed by atoms with Gasteiger partial charge in [0, 0.05) is 23.5 Å². The first kappa shape index (κ1) is 20.4. The van der Waals surface area contributed by atoms with Gasteiger partial charge in [-0.05, 0) is 36.4 Å². The fourth-order valence-corrected chi connectivity index (χ4v) is 3.15. The Hall–Kier alpha value is -3.86. The maximum atomic E-state index is 13.2. The number of benzene rings is 2. The van der Waals surface area contributed by atoms with Crippen molar-refractivity contribution in [3.05, 3.63) is 89.0 Å². The minimum Gasteiger partial charge on any atom is -0.491 e. The third kappa shape index (κ3) is 4.67. The van der Waals surface area contributed by atoms with Crippen LogP contribution in [-0.4, -0.2) is 33.9 Å². The second-order valence-electron chi connectivity index (χ2n) is 6.74. The average Bonchev–Trinajstić information content (AvgIpc) is 2.91. The number of halogens is 3. The van der Waals surface area contributed by atoms with Crippen LogP contribution in [0.25, 0.3) is 0 Å². The van der Waals surface area contributed by atoms with Crippen LogP contribution in [0.5, 0.6) is 5.75 Å². The smallest absolute Gasteiger partial charge is 0.417 e. The van der Waals surface area contributed by atoms with Crippen molar-refractivity contribution in [2.45, 2.75) is 12.7 Å². The molecule has 0 saturated carbocycles. The number of fused-ring (bicyclic) bond motifs is 1. The molecule has 0 radical (unpaired) electrons. The molecule has 0 spiro atoms. The highest BCUT2D eigenvalue weighted by Crippen LogP contribution is 2.31. The van der Waals surface area contributed by atoms with Gasteiger partial charge in [-0.1, -0.05) is 24.0 Å². The lowest BCUT2D eigenvalue weighted by Crippen LogP contribution is -2.32. The zero-order valence-electron chi connectivity index (χ0n) is 16.2. The van der Waals surface area contributed by atoms with Crippen LogP contribution < -0.4 is 4.74 Å². The van der Waals surface area contributed by atoms with E-state index in [1.165, 1.54) is 24.3 Å². The average molecular weight is 423 g/mol.